The molecule has 0 saturated heterocycles. The van der Waals surface area contributed by atoms with Crippen molar-refractivity contribution in [1.29, 1.82) is 0 Å². The second-order valence-corrected chi connectivity index (χ2v) is 8.61. The molecule has 0 spiro atoms. The molecule has 3 atom stereocenters. The molecule has 0 fully saturated rings. The van der Waals surface area contributed by atoms with Crippen LogP contribution in [-0.4, -0.2) is 37.0 Å². The molecule has 162 valence electrons. The van der Waals surface area contributed by atoms with Gasteiger partial charge in [0.2, 0.25) is 0 Å². The number of rotatable bonds is 4. The Balaban J connectivity index is 1.87. The van der Waals surface area contributed by atoms with Crippen molar-refractivity contribution >= 4 is 17.5 Å². The number of aromatic amines is 1. The van der Waals surface area contributed by atoms with Crippen LogP contribution in [0.4, 0.5) is 4.39 Å². The predicted octanol–water partition coefficient (Wildman–Crippen LogP) is 5.14. The fraction of sp³-hybridized carbons (Fsp3) is 0.391. The van der Waals surface area contributed by atoms with Gasteiger partial charge in [-0.3, -0.25) is 9.89 Å². The molecule has 0 bridgehead atoms. The topological polar surface area (TPSA) is 74.8 Å². The van der Waals surface area contributed by atoms with Gasteiger partial charge in [0, 0.05) is 22.8 Å². The van der Waals surface area contributed by atoms with Gasteiger partial charge < -0.3 is 4.90 Å². The fourth-order valence-corrected chi connectivity index (χ4v) is 4.53. The zero-order valence-electron chi connectivity index (χ0n) is 18.0. The molecule has 2 unspecified atom stereocenters. The van der Waals surface area contributed by atoms with Gasteiger partial charge in [-0.15, -0.1) is 0 Å². The summed E-state index contributed by atoms with van der Waals surface area (Å²) < 4.78 is 14.6. The van der Waals surface area contributed by atoms with Crippen LogP contribution in [0.25, 0.3) is 11.4 Å². The number of hydrogen-bond acceptors (Lipinski definition) is 4. The number of aryl methyl sites for hydroxylation is 1. The first-order valence-corrected chi connectivity index (χ1v) is 10.8. The number of H-pyrrole nitrogens is 1. The molecule has 0 radical (unpaired) electrons. The van der Waals surface area contributed by atoms with Crippen LogP contribution < -0.4 is 0 Å². The lowest BCUT2D eigenvalue weighted by Gasteiger charge is -2.44. The Labute approximate surface area is 185 Å². The lowest BCUT2D eigenvalue weighted by Crippen LogP contribution is -2.49. The van der Waals surface area contributed by atoms with Crippen molar-refractivity contribution in [2.75, 3.05) is 0 Å². The van der Waals surface area contributed by atoms with Crippen molar-refractivity contribution in [1.82, 2.24) is 25.1 Å². The van der Waals surface area contributed by atoms with E-state index in [2.05, 4.69) is 29.0 Å². The van der Waals surface area contributed by atoms with Gasteiger partial charge in [0.05, 0.1) is 28.7 Å². The maximum Gasteiger partial charge on any atom is 0.257 e. The van der Waals surface area contributed by atoms with Gasteiger partial charge in [-0.25, -0.2) is 14.4 Å². The minimum atomic E-state index is -0.615. The SMILES string of the molecule is CCC(C)C1c2nc(C)nc(-c3ccn[nH]3)c2C[C@@H](C)N1C(=O)c1ccc(Cl)cc1F. The van der Waals surface area contributed by atoms with Crippen LogP contribution >= 0.6 is 11.6 Å². The van der Waals surface area contributed by atoms with Crippen LogP contribution in [0, 0.1) is 18.7 Å². The first kappa shape index (κ1) is 21.4. The van der Waals surface area contributed by atoms with Crippen molar-refractivity contribution in [3.05, 3.63) is 63.9 Å². The van der Waals surface area contributed by atoms with Crippen LogP contribution in [0.5, 0.6) is 0 Å². The van der Waals surface area contributed by atoms with Crippen molar-refractivity contribution in [2.45, 2.75) is 52.6 Å². The number of benzene rings is 1. The monoisotopic (exact) mass is 441 g/mol. The first-order chi connectivity index (χ1) is 14.8. The number of nitrogens with one attached hydrogen (secondary N) is 1. The molecule has 1 N–H and O–H groups in total. The number of carbonyl (C=O) groups excluding carboxylic acids is 1. The third kappa shape index (κ3) is 3.82. The van der Waals surface area contributed by atoms with Crippen molar-refractivity contribution in [2.24, 2.45) is 5.92 Å². The van der Waals surface area contributed by atoms with E-state index in [4.69, 9.17) is 16.6 Å². The molecule has 4 rings (SSSR count). The van der Waals surface area contributed by atoms with Crippen LogP contribution in [-0.2, 0) is 6.42 Å². The normalized spacial score (nSPS) is 19.2. The molecule has 0 saturated carbocycles. The number of aromatic nitrogens is 4. The molecule has 1 aliphatic rings. The van der Waals surface area contributed by atoms with Crippen LogP contribution in [0.1, 0.15) is 60.7 Å². The number of fused-ring (bicyclic) bond motifs is 1. The molecule has 1 amide bonds. The van der Waals surface area contributed by atoms with E-state index in [1.54, 1.807) is 17.2 Å². The van der Waals surface area contributed by atoms with Gasteiger partial charge >= 0.3 is 0 Å². The molecular formula is C23H25ClFN5O. The highest BCUT2D eigenvalue weighted by atomic mass is 35.5. The van der Waals surface area contributed by atoms with Gasteiger partial charge in [-0.05, 0) is 50.5 Å². The van der Waals surface area contributed by atoms with Crippen molar-refractivity contribution < 1.29 is 9.18 Å². The molecular weight excluding hydrogens is 417 g/mol. The molecule has 8 heteroatoms. The molecule has 0 aliphatic carbocycles. The number of hydrogen-bond donors (Lipinski definition) is 1. The summed E-state index contributed by atoms with van der Waals surface area (Å²) in [4.78, 5) is 24.8. The molecule has 2 aromatic heterocycles. The van der Waals surface area contributed by atoms with Gasteiger partial charge in [-0.1, -0.05) is 31.9 Å². The maximum atomic E-state index is 14.6. The summed E-state index contributed by atoms with van der Waals surface area (Å²) in [5.41, 5.74) is 3.48. The zero-order valence-corrected chi connectivity index (χ0v) is 18.7. The predicted molar refractivity (Wildman–Crippen MR) is 117 cm³/mol. The van der Waals surface area contributed by atoms with E-state index in [1.807, 2.05) is 19.9 Å². The summed E-state index contributed by atoms with van der Waals surface area (Å²) >= 11 is 5.90. The Hall–Kier alpha value is -2.80. The third-order valence-electron chi connectivity index (χ3n) is 6.04. The van der Waals surface area contributed by atoms with E-state index in [0.29, 0.717) is 12.2 Å². The number of carbonyl (C=O) groups is 1. The summed E-state index contributed by atoms with van der Waals surface area (Å²) in [6.45, 7) is 8.01. The largest absolute Gasteiger partial charge is 0.327 e. The Kier molecular flexibility index (Phi) is 5.79. The highest BCUT2D eigenvalue weighted by Gasteiger charge is 2.41. The summed E-state index contributed by atoms with van der Waals surface area (Å²) in [7, 11) is 0. The Bertz CT molecular complexity index is 1120. The Morgan fingerprint density at radius 1 is 1.35 bits per heavy atom. The van der Waals surface area contributed by atoms with E-state index in [9.17, 15) is 9.18 Å². The number of halogens is 2. The summed E-state index contributed by atoms with van der Waals surface area (Å²) in [6, 6.07) is 5.60. The summed E-state index contributed by atoms with van der Waals surface area (Å²) in [6.07, 6.45) is 3.10. The highest BCUT2D eigenvalue weighted by molar-refractivity contribution is 6.30. The van der Waals surface area contributed by atoms with E-state index in [0.717, 1.165) is 29.1 Å². The molecule has 3 heterocycles. The van der Waals surface area contributed by atoms with E-state index in [1.165, 1.54) is 12.1 Å². The fourth-order valence-electron chi connectivity index (χ4n) is 4.37. The lowest BCUT2D eigenvalue weighted by atomic mass is 9.83. The maximum absolute atomic E-state index is 14.6. The average Bonchev–Trinajstić information content (AvgIpc) is 3.26. The zero-order chi connectivity index (χ0) is 22.3. The molecule has 1 aliphatic heterocycles. The standard InChI is InChI=1S/C23H25ClFN5O/c1-5-12(2)22-21-17(20(27-14(4)28-21)19-8-9-26-29-19)10-13(3)30(22)23(31)16-7-6-15(24)11-18(16)25/h6-9,11-13,22H,5,10H2,1-4H3,(H,26,29)/t12?,13-,22?/m1/s1. The number of nitrogens with zero attached hydrogens (tertiary/aromatic N) is 4. The Morgan fingerprint density at radius 3 is 2.77 bits per heavy atom. The van der Waals surface area contributed by atoms with Crippen molar-refractivity contribution in [3.8, 4) is 11.4 Å². The Morgan fingerprint density at radius 2 is 2.13 bits per heavy atom. The van der Waals surface area contributed by atoms with Crippen molar-refractivity contribution in [3.63, 3.8) is 0 Å². The average molecular weight is 442 g/mol. The summed E-state index contributed by atoms with van der Waals surface area (Å²) in [5.74, 6) is -0.228. The quantitative estimate of drug-likeness (QED) is 0.608. The van der Waals surface area contributed by atoms with E-state index in [-0.39, 0.29) is 34.5 Å². The highest BCUT2D eigenvalue weighted by Crippen LogP contribution is 2.41. The third-order valence-corrected chi connectivity index (χ3v) is 6.28. The second kappa shape index (κ2) is 8.38. The molecule has 3 aromatic rings. The smallest absolute Gasteiger partial charge is 0.257 e. The van der Waals surface area contributed by atoms with Crippen LogP contribution in [0.3, 0.4) is 0 Å². The first-order valence-electron chi connectivity index (χ1n) is 10.5. The molecule has 31 heavy (non-hydrogen) atoms. The van der Waals surface area contributed by atoms with Gasteiger partial charge in [0.1, 0.15) is 11.6 Å². The second-order valence-electron chi connectivity index (χ2n) is 8.17. The van der Waals surface area contributed by atoms with E-state index >= 15 is 0 Å². The minimum Gasteiger partial charge on any atom is -0.327 e. The molecule has 6 nitrogen and oxygen atoms in total. The van der Waals surface area contributed by atoms with Gasteiger partial charge in [-0.2, -0.15) is 5.10 Å². The van der Waals surface area contributed by atoms with E-state index < -0.39 is 5.82 Å². The minimum absolute atomic E-state index is 0.0209. The number of amides is 1. The lowest BCUT2D eigenvalue weighted by molar-refractivity contribution is 0.0447. The van der Waals surface area contributed by atoms with Gasteiger partial charge in [0.25, 0.3) is 5.91 Å². The molecule has 1 aromatic carbocycles. The van der Waals surface area contributed by atoms with Crippen LogP contribution in [0.2, 0.25) is 5.02 Å². The van der Waals surface area contributed by atoms with Crippen LogP contribution in [0.15, 0.2) is 30.5 Å². The summed E-state index contributed by atoms with van der Waals surface area (Å²) in [5, 5.41) is 7.32. The van der Waals surface area contributed by atoms with Gasteiger partial charge in [0.15, 0.2) is 0 Å².